The topological polar surface area (TPSA) is 97.3 Å². The van der Waals surface area contributed by atoms with Crippen LogP contribution in [-0.2, 0) is 10.8 Å². The van der Waals surface area contributed by atoms with Gasteiger partial charge in [0.1, 0.15) is 0 Å². The van der Waals surface area contributed by atoms with Gasteiger partial charge in [0.05, 0.1) is 11.3 Å². The highest BCUT2D eigenvalue weighted by Crippen LogP contribution is 2.39. The molecule has 0 aliphatic heterocycles. The first-order valence-corrected chi connectivity index (χ1v) is 13.0. The lowest BCUT2D eigenvalue weighted by Gasteiger charge is -2.27. The van der Waals surface area contributed by atoms with Crippen LogP contribution in [0.4, 0.5) is 17.2 Å². The largest absolute Gasteiger partial charge is 0.398 e. The third-order valence-corrected chi connectivity index (χ3v) is 6.37. The number of imidazole rings is 1. The molecule has 0 saturated heterocycles. The van der Waals surface area contributed by atoms with Gasteiger partial charge in [-0.3, -0.25) is 4.79 Å². The number of benzene rings is 2. The number of nitrogens with two attached hydrogens (primary N) is 1. The van der Waals surface area contributed by atoms with Gasteiger partial charge in [-0.15, -0.1) is 0 Å². The predicted octanol–water partition coefficient (Wildman–Crippen LogP) is 7.04. The van der Waals surface area contributed by atoms with Gasteiger partial charge in [0.2, 0.25) is 0 Å². The van der Waals surface area contributed by atoms with Crippen molar-refractivity contribution in [2.24, 2.45) is 0 Å². The summed E-state index contributed by atoms with van der Waals surface area (Å²) in [5.41, 5.74) is 12.0. The number of carbonyl (C=O) groups excluding carboxylic acids is 1. The van der Waals surface area contributed by atoms with E-state index >= 15 is 0 Å². The summed E-state index contributed by atoms with van der Waals surface area (Å²) in [5.74, 6) is 0.472. The molecule has 0 bridgehead atoms. The van der Waals surface area contributed by atoms with Crippen molar-refractivity contribution >= 4 is 28.7 Å². The molecule has 4 N–H and O–H groups in total. The highest BCUT2D eigenvalue weighted by atomic mass is 16.1. The summed E-state index contributed by atoms with van der Waals surface area (Å²) < 4.78 is 1.98. The van der Waals surface area contributed by atoms with Gasteiger partial charge in [-0.1, -0.05) is 59.7 Å². The van der Waals surface area contributed by atoms with Crippen molar-refractivity contribution in [3.8, 4) is 11.3 Å². The van der Waals surface area contributed by atoms with Crippen LogP contribution in [-0.4, -0.2) is 25.8 Å². The molecule has 2 aromatic carbocycles. The maximum absolute atomic E-state index is 13.4. The summed E-state index contributed by atoms with van der Waals surface area (Å²) in [6.45, 7) is 19.1. The molecule has 7 nitrogen and oxygen atoms in total. The molecule has 0 radical (unpaired) electrons. The molecular weight excluding hydrogens is 472 g/mol. The zero-order valence-corrected chi connectivity index (χ0v) is 24.0. The lowest BCUT2D eigenvalue weighted by atomic mass is 9.81. The zero-order valence-electron chi connectivity index (χ0n) is 24.0. The van der Waals surface area contributed by atoms with Gasteiger partial charge in [-0.25, -0.2) is 9.97 Å². The normalized spacial score (nSPS) is 12.6. The number of nitrogens with zero attached hydrogens (tertiary/aromatic N) is 3. The minimum atomic E-state index is -0.288. The van der Waals surface area contributed by atoms with Crippen LogP contribution in [0.2, 0.25) is 0 Å². The minimum absolute atomic E-state index is 0.0547. The van der Waals surface area contributed by atoms with E-state index in [1.807, 2.05) is 47.1 Å². The van der Waals surface area contributed by atoms with Crippen molar-refractivity contribution in [2.45, 2.75) is 78.7 Å². The van der Waals surface area contributed by atoms with Gasteiger partial charge in [-0.2, -0.15) is 0 Å². The van der Waals surface area contributed by atoms with Crippen LogP contribution >= 0.6 is 0 Å². The van der Waals surface area contributed by atoms with Gasteiger partial charge >= 0.3 is 0 Å². The molecule has 0 aliphatic carbocycles. The quantitative estimate of drug-likeness (QED) is 0.255. The van der Waals surface area contributed by atoms with Crippen molar-refractivity contribution in [3.63, 3.8) is 0 Å². The van der Waals surface area contributed by atoms with E-state index < -0.39 is 0 Å². The summed E-state index contributed by atoms with van der Waals surface area (Å²) in [5, 5.41) is 6.64. The molecule has 38 heavy (non-hydrogen) atoms. The Bertz CT molecular complexity index is 1500. The zero-order chi connectivity index (χ0) is 28.0. The molecule has 2 aromatic heterocycles. The number of rotatable bonds is 4. The first kappa shape index (κ1) is 27.2. The van der Waals surface area contributed by atoms with Crippen LogP contribution in [0, 0.1) is 0 Å². The molecule has 1 amide bonds. The first-order chi connectivity index (χ1) is 17.5. The van der Waals surface area contributed by atoms with Crippen LogP contribution in [0.25, 0.3) is 16.9 Å². The highest BCUT2D eigenvalue weighted by Gasteiger charge is 2.26. The molecule has 0 unspecified atom stereocenters. The fraction of sp³-hybridized carbons (Fsp3) is 0.387. The van der Waals surface area contributed by atoms with E-state index in [1.54, 1.807) is 6.20 Å². The number of carbonyl (C=O) groups is 1. The Labute approximate surface area is 225 Å². The highest BCUT2D eigenvalue weighted by molar-refractivity contribution is 6.08. The molecular formula is C31H40N6O. The molecule has 0 saturated carbocycles. The van der Waals surface area contributed by atoms with E-state index in [-0.39, 0.29) is 22.3 Å². The van der Waals surface area contributed by atoms with Crippen molar-refractivity contribution in [1.29, 1.82) is 0 Å². The second kappa shape index (κ2) is 9.46. The van der Waals surface area contributed by atoms with Gasteiger partial charge in [0, 0.05) is 41.1 Å². The van der Waals surface area contributed by atoms with Gasteiger partial charge in [0.15, 0.2) is 11.5 Å². The van der Waals surface area contributed by atoms with E-state index in [2.05, 4.69) is 84.0 Å². The first-order valence-electron chi connectivity index (χ1n) is 13.0. The Morgan fingerprint density at radius 3 is 2.26 bits per heavy atom. The van der Waals surface area contributed by atoms with Crippen molar-refractivity contribution in [3.05, 3.63) is 71.7 Å². The third kappa shape index (κ3) is 5.67. The van der Waals surface area contributed by atoms with Crippen LogP contribution < -0.4 is 16.4 Å². The number of aromatic nitrogens is 3. The molecule has 2 heterocycles. The summed E-state index contributed by atoms with van der Waals surface area (Å²) >= 11 is 0. The van der Waals surface area contributed by atoms with Crippen molar-refractivity contribution in [1.82, 2.24) is 14.4 Å². The smallest absolute Gasteiger partial charge is 0.257 e. The number of nitrogen functional groups attached to an aromatic ring is 1. The standard InChI is InChI=1S/C31H40N6O/c1-29(2,3)19-13-14-20(22(32)17-19)28(38)35-23-12-10-11-21(25(23)30(4,5)6)24-18-37-16-15-33-27(37)26(34-24)36-31(7,8)9/h10-18H,32H2,1-9H3,(H,34,36)(H,35,38). The van der Waals surface area contributed by atoms with E-state index in [1.165, 1.54) is 0 Å². The van der Waals surface area contributed by atoms with E-state index in [0.29, 0.717) is 17.1 Å². The average molecular weight is 513 g/mol. The molecule has 0 atom stereocenters. The van der Waals surface area contributed by atoms with Crippen molar-refractivity contribution in [2.75, 3.05) is 16.4 Å². The number of amides is 1. The fourth-order valence-electron chi connectivity index (χ4n) is 4.60. The predicted molar refractivity (Wildman–Crippen MR) is 158 cm³/mol. The van der Waals surface area contributed by atoms with Crippen molar-refractivity contribution < 1.29 is 4.79 Å². The van der Waals surface area contributed by atoms with E-state index in [4.69, 9.17) is 10.7 Å². The Hall–Kier alpha value is -3.87. The van der Waals surface area contributed by atoms with Gasteiger partial charge in [-0.05, 0) is 60.9 Å². The number of hydrogen-bond donors (Lipinski definition) is 3. The SMILES string of the molecule is CC(C)(C)Nc1nc(-c2cccc(NC(=O)c3ccc(C(C)(C)C)cc3N)c2C(C)(C)C)cn2ccnc12. The average Bonchev–Trinajstić information content (AvgIpc) is 3.25. The minimum Gasteiger partial charge on any atom is -0.398 e. The van der Waals surface area contributed by atoms with Gasteiger partial charge < -0.3 is 20.8 Å². The Balaban J connectivity index is 1.80. The number of nitrogens with one attached hydrogen (secondary N) is 2. The molecule has 0 spiro atoms. The molecule has 0 fully saturated rings. The van der Waals surface area contributed by atoms with Crippen LogP contribution in [0.1, 0.15) is 83.8 Å². The summed E-state index contributed by atoms with van der Waals surface area (Å²) in [6.07, 6.45) is 5.67. The molecule has 0 aliphatic rings. The number of anilines is 3. The molecule has 200 valence electrons. The van der Waals surface area contributed by atoms with Crippen LogP contribution in [0.5, 0.6) is 0 Å². The summed E-state index contributed by atoms with van der Waals surface area (Å²) in [6, 6.07) is 11.6. The molecule has 4 aromatic rings. The Kier molecular flexibility index (Phi) is 6.76. The Morgan fingerprint density at radius 1 is 0.947 bits per heavy atom. The Morgan fingerprint density at radius 2 is 1.66 bits per heavy atom. The summed E-state index contributed by atoms with van der Waals surface area (Å²) in [7, 11) is 0. The molecule has 4 rings (SSSR count). The fourth-order valence-corrected chi connectivity index (χ4v) is 4.60. The molecule has 7 heteroatoms. The third-order valence-electron chi connectivity index (χ3n) is 6.37. The maximum atomic E-state index is 13.4. The lowest BCUT2D eigenvalue weighted by molar-refractivity contribution is 0.102. The lowest BCUT2D eigenvalue weighted by Crippen LogP contribution is -2.27. The second-order valence-corrected chi connectivity index (χ2v) is 13.0. The van der Waals surface area contributed by atoms with Crippen LogP contribution in [0.15, 0.2) is 55.0 Å². The van der Waals surface area contributed by atoms with Crippen LogP contribution in [0.3, 0.4) is 0 Å². The number of hydrogen-bond acceptors (Lipinski definition) is 5. The second-order valence-electron chi connectivity index (χ2n) is 13.0. The van der Waals surface area contributed by atoms with E-state index in [0.717, 1.165) is 33.7 Å². The number of fused-ring (bicyclic) bond motifs is 1. The summed E-state index contributed by atoms with van der Waals surface area (Å²) in [4.78, 5) is 22.9. The van der Waals surface area contributed by atoms with E-state index in [9.17, 15) is 4.79 Å². The maximum Gasteiger partial charge on any atom is 0.257 e. The van der Waals surface area contributed by atoms with Gasteiger partial charge in [0.25, 0.3) is 5.91 Å². The monoisotopic (exact) mass is 512 g/mol.